The van der Waals surface area contributed by atoms with Crippen LogP contribution in [0.3, 0.4) is 0 Å². The molecule has 1 N–H and O–H groups in total. The number of hydrogen-bond acceptors (Lipinski definition) is 3. The lowest BCUT2D eigenvalue weighted by Gasteiger charge is -2.28. The standard InChI is InChI=1S/C26H22F3N3O3/c1-14-8-7-11-21(16(14)3)32-24(34)19(23(33)30-25(32)35)13-18-12-15(2)31(17(18)4)22-10-6-5-9-20(22)26(27,28)29/h5-13H,1-4H3,(H,30,33,35). The fourth-order valence-electron chi connectivity index (χ4n) is 4.22. The average molecular weight is 481 g/mol. The first kappa shape index (κ1) is 24.0. The number of nitrogens with one attached hydrogen (secondary N) is 1. The van der Waals surface area contributed by atoms with Crippen LogP contribution in [-0.4, -0.2) is 22.4 Å². The Balaban J connectivity index is 1.82. The minimum Gasteiger partial charge on any atom is -0.317 e. The smallest absolute Gasteiger partial charge is 0.317 e. The number of rotatable bonds is 3. The van der Waals surface area contributed by atoms with Crippen molar-refractivity contribution in [2.45, 2.75) is 33.9 Å². The number of hydrogen-bond donors (Lipinski definition) is 1. The first-order valence-electron chi connectivity index (χ1n) is 10.7. The van der Waals surface area contributed by atoms with Gasteiger partial charge in [-0.15, -0.1) is 0 Å². The van der Waals surface area contributed by atoms with Gasteiger partial charge in [-0.2, -0.15) is 13.2 Å². The van der Waals surface area contributed by atoms with Gasteiger partial charge < -0.3 is 4.57 Å². The molecular weight excluding hydrogens is 459 g/mol. The topological polar surface area (TPSA) is 71.4 Å². The SMILES string of the molecule is Cc1cccc(N2C(=O)NC(=O)C(=Cc3cc(C)n(-c4ccccc4C(F)(F)F)c3C)C2=O)c1C. The van der Waals surface area contributed by atoms with Gasteiger partial charge in [-0.05, 0) is 74.7 Å². The predicted octanol–water partition coefficient (Wildman–Crippen LogP) is 5.40. The summed E-state index contributed by atoms with van der Waals surface area (Å²) in [5.74, 6) is -1.69. The summed E-state index contributed by atoms with van der Waals surface area (Å²) in [4.78, 5) is 39.3. The van der Waals surface area contributed by atoms with E-state index in [9.17, 15) is 27.6 Å². The van der Waals surface area contributed by atoms with Gasteiger partial charge in [0.25, 0.3) is 11.8 Å². The molecule has 0 saturated carbocycles. The average Bonchev–Trinajstić information content (AvgIpc) is 3.06. The normalized spacial score (nSPS) is 15.7. The molecule has 0 radical (unpaired) electrons. The Bertz CT molecular complexity index is 1420. The number of anilines is 1. The minimum absolute atomic E-state index is 0.0636. The number of imide groups is 2. The lowest BCUT2D eigenvalue weighted by molar-refractivity contribution is -0.137. The van der Waals surface area contributed by atoms with Gasteiger partial charge in [-0.25, -0.2) is 9.69 Å². The van der Waals surface area contributed by atoms with E-state index in [0.29, 0.717) is 28.2 Å². The molecule has 35 heavy (non-hydrogen) atoms. The molecule has 1 aliphatic rings. The van der Waals surface area contributed by atoms with Crippen molar-refractivity contribution in [3.63, 3.8) is 0 Å². The summed E-state index contributed by atoms with van der Waals surface area (Å²) in [6.45, 7) is 6.83. The van der Waals surface area contributed by atoms with Crippen LogP contribution in [0.2, 0.25) is 0 Å². The molecule has 3 aromatic rings. The highest BCUT2D eigenvalue weighted by atomic mass is 19.4. The van der Waals surface area contributed by atoms with E-state index < -0.39 is 29.6 Å². The van der Waals surface area contributed by atoms with Crippen LogP contribution >= 0.6 is 0 Å². The molecule has 6 nitrogen and oxygen atoms in total. The van der Waals surface area contributed by atoms with Crippen LogP contribution < -0.4 is 10.2 Å². The number of halogens is 3. The van der Waals surface area contributed by atoms with E-state index in [0.717, 1.165) is 16.5 Å². The summed E-state index contributed by atoms with van der Waals surface area (Å²) < 4.78 is 42.3. The number of para-hydroxylation sites is 1. The van der Waals surface area contributed by atoms with Gasteiger partial charge >= 0.3 is 12.2 Å². The second-order valence-corrected chi connectivity index (χ2v) is 8.35. The minimum atomic E-state index is -4.57. The highest BCUT2D eigenvalue weighted by Crippen LogP contribution is 2.36. The maximum absolute atomic E-state index is 13.6. The van der Waals surface area contributed by atoms with Gasteiger partial charge in [0.05, 0.1) is 16.9 Å². The van der Waals surface area contributed by atoms with Crippen LogP contribution in [0.5, 0.6) is 0 Å². The number of urea groups is 1. The van der Waals surface area contributed by atoms with Crippen LogP contribution in [0.1, 0.15) is 33.6 Å². The van der Waals surface area contributed by atoms with E-state index in [-0.39, 0.29) is 11.3 Å². The fourth-order valence-corrected chi connectivity index (χ4v) is 4.22. The van der Waals surface area contributed by atoms with Crippen molar-refractivity contribution in [3.8, 4) is 5.69 Å². The Labute approximate surface area is 199 Å². The van der Waals surface area contributed by atoms with Crippen LogP contribution in [0.4, 0.5) is 23.7 Å². The number of carbonyl (C=O) groups excluding carboxylic acids is 3. The first-order chi connectivity index (χ1) is 16.4. The summed E-state index contributed by atoms with van der Waals surface area (Å²) >= 11 is 0. The number of nitrogens with zero attached hydrogens (tertiary/aromatic N) is 2. The third-order valence-electron chi connectivity index (χ3n) is 6.14. The number of aryl methyl sites for hydroxylation is 2. The largest absolute Gasteiger partial charge is 0.418 e. The molecule has 0 spiro atoms. The molecule has 2 heterocycles. The van der Waals surface area contributed by atoms with Gasteiger partial charge in [0.15, 0.2) is 0 Å². The number of aromatic nitrogens is 1. The molecule has 1 fully saturated rings. The van der Waals surface area contributed by atoms with E-state index in [1.54, 1.807) is 39.0 Å². The maximum Gasteiger partial charge on any atom is 0.418 e. The second-order valence-electron chi connectivity index (χ2n) is 8.35. The summed E-state index contributed by atoms with van der Waals surface area (Å²) in [6, 6.07) is 11.0. The third kappa shape index (κ3) is 4.14. The van der Waals surface area contributed by atoms with Crippen LogP contribution in [0.25, 0.3) is 11.8 Å². The van der Waals surface area contributed by atoms with E-state index in [1.807, 2.05) is 13.0 Å². The molecule has 1 aliphatic heterocycles. The monoisotopic (exact) mass is 481 g/mol. The lowest BCUT2D eigenvalue weighted by atomic mass is 10.0. The van der Waals surface area contributed by atoms with Gasteiger partial charge in [0.2, 0.25) is 0 Å². The summed E-state index contributed by atoms with van der Waals surface area (Å²) in [5.41, 5.74) is 2.01. The molecule has 1 saturated heterocycles. The zero-order valence-electron chi connectivity index (χ0n) is 19.4. The first-order valence-corrected chi connectivity index (χ1v) is 10.7. The summed E-state index contributed by atoms with van der Waals surface area (Å²) in [7, 11) is 0. The molecule has 4 rings (SSSR count). The molecule has 9 heteroatoms. The molecule has 0 aliphatic carbocycles. The number of carbonyl (C=O) groups is 3. The Morgan fingerprint density at radius 1 is 0.886 bits per heavy atom. The molecule has 0 bridgehead atoms. The summed E-state index contributed by atoms with van der Waals surface area (Å²) in [5, 5.41) is 2.18. The summed E-state index contributed by atoms with van der Waals surface area (Å²) in [6.07, 6.45) is -3.26. The molecule has 0 unspecified atom stereocenters. The van der Waals surface area contributed by atoms with Gasteiger partial charge in [0.1, 0.15) is 5.57 Å². The Hall–Kier alpha value is -4.14. The van der Waals surface area contributed by atoms with E-state index in [1.165, 1.54) is 28.8 Å². The highest BCUT2D eigenvalue weighted by Gasteiger charge is 2.38. The number of amides is 4. The zero-order valence-corrected chi connectivity index (χ0v) is 19.4. The zero-order chi connectivity index (χ0) is 25.7. The molecule has 2 aromatic carbocycles. The number of alkyl halides is 3. The van der Waals surface area contributed by atoms with Gasteiger partial charge in [-0.3, -0.25) is 14.9 Å². The highest BCUT2D eigenvalue weighted by molar-refractivity contribution is 6.39. The van der Waals surface area contributed by atoms with Crippen LogP contribution in [-0.2, 0) is 15.8 Å². The van der Waals surface area contributed by atoms with Crippen molar-refractivity contribution in [1.82, 2.24) is 9.88 Å². The number of barbiturate groups is 1. The van der Waals surface area contributed by atoms with Crippen molar-refractivity contribution in [3.05, 3.63) is 87.7 Å². The Morgan fingerprint density at radius 2 is 1.54 bits per heavy atom. The Morgan fingerprint density at radius 3 is 2.23 bits per heavy atom. The lowest BCUT2D eigenvalue weighted by Crippen LogP contribution is -2.54. The molecule has 1 aromatic heterocycles. The fraction of sp³-hybridized carbons (Fsp3) is 0.192. The van der Waals surface area contributed by atoms with Crippen molar-refractivity contribution < 1.29 is 27.6 Å². The second kappa shape index (κ2) is 8.57. The van der Waals surface area contributed by atoms with Crippen molar-refractivity contribution >= 4 is 29.6 Å². The third-order valence-corrected chi connectivity index (χ3v) is 6.14. The van der Waals surface area contributed by atoms with Crippen molar-refractivity contribution in [2.24, 2.45) is 0 Å². The molecular formula is C26H22F3N3O3. The maximum atomic E-state index is 13.6. The van der Waals surface area contributed by atoms with Crippen molar-refractivity contribution in [2.75, 3.05) is 4.90 Å². The molecule has 180 valence electrons. The molecule has 4 amide bonds. The van der Waals surface area contributed by atoms with Crippen LogP contribution in [0, 0.1) is 27.7 Å². The van der Waals surface area contributed by atoms with Crippen LogP contribution in [0.15, 0.2) is 54.1 Å². The number of benzene rings is 2. The van der Waals surface area contributed by atoms with E-state index >= 15 is 0 Å². The Kier molecular flexibility index (Phi) is 5.88. The predicted molar refractivity (Wildman–Crippen MR) is 125 cm³/mol. The quantitative estimate of drug-likeness (QED) is 0.403. The molecule has 0 atom stereocenters. The van der Waals surface area contributed by atoms with Gasteiger partial charge in [-0.1, -0.05) is 24.3 Å². The van der Waals surface area contributed by atoms with E-state index in [4.69, 9.17) is 0 Å². The van der Waals surface area contributed by atoms with E-state index in [2.05, 4.69) is 5.32 Å². The van der Waals surface area contributed by atoms with Gasteiger partial charge in [0, 0.05) is 11.4 Å². The van der Waals surface area contributed by atoms with Crippen molar-refractivity contribution in [1.29, 1.82) is 0 Å².